The number of carbonyl (C=O) groups excluding carboxylic acids is 1. The third kappa shape index (κ3) is 4.04. The van der Waals surface area contributed by atoms with Crippen molar-refractivity contribution in [2.75, 3.05) is 13.1 Å². The highest BCUT2D eigenvalue weighted by atomic mass is 19.1. The Labute approximate surface area is 169 Å². The summed E-state index contributed by atoms with van der Waals surface area (Å²) < 4.78 is 15.6. The smallest absolute Gasteiger partial charge is 0.223 e. The lowest BCUT2D eigenvalue weighted by Gasteiger charge is -2.32. The van der Waals surface area contributed by atoms with Crippen LogP contribution in [-0.4, -0.2) is 43.4 Å². The van der Waals surface area contributed by atoms with Crippen molar-refractivity contribution in [1.82, 2.24) is 24.4 Å². The van der Waals surface area contributed by atoms with E-state index < -0.39 is 0 Å². The summed E-state index contributed by atoms with van der Waals surface area (Å²) in [5.74, 6) is 2.85. The van der Waals surface area contributed by atoms with E-state index in [-0.39, 0.29) is 11.7 Å². The SMILES string of the molecule is O=C(CCc1nc2ccc(F)cc2[nH]1)N1CCCC(c2nccn2CC2CC2)C1. The first-order valence-corrected chi connectivity index (χ1v) is 10.6. The van der Waals surface area contributed by atoms with Crippen molar-refractivity contribution in [2.45, 2.75) is 51.0 Å². The molecule has 1 unspecified atom stereocenters. The van der Waals surface area contributed by atoms with Gasteiger partial charge in [-0.25, -0.2) is 14.4 Å². The van der Waals surface area contributed by atoms with Crippen molar-refractivity contribution in [1.29, 1.82) is 0 Å². The molecule has 2 fully saturated rings. The minimum absolute atomic E-state index is 0.154. The molecule has 1 aliphatic carbocycles. The largest absolute Gasteiger partial charge is 0.342 e. The number of H-pyrrole nitrogens is 1. The molecule has 0 radical (unpaired) electrons. The van der Waals surface area contributed by atoms with E-state index in [0.29, 0.717) is 24.3 Å². The second-order valence-corrected chi connectivity index (χ2v) is 8.41. The zero-order valence-electron chi connectivity index (χ0n) is 16.5. The molecule has 1 aromatic carbocycles. The molecule has 0 spiro atoms. The third-order valence-corrected chi connectivity index (χ3v) is 6.11. The maximum Gasteiger partial charge on any atom is 0.223 e. The summed E-state index contributed by atoms with van der Waals surface area (Å²) in [6.45, 7) is 2.61. The lowest BCUT2D eigenvalue weighted by Crippen LogP contribution is -2.40. The summed E-state index contributed by atoms with van der Waals surface area (Å²) in [5.41, 5.74) is 1.40. The van der Waals surface area contributed by atoms with Crippen LogP contribution in [0.2, 0.25) is 0 Å². The summed E-state index contributed by atoms with van der Waals surface area (Å²) >= 11 is 0. The topological polar surface area (TPSA) is 66.8 Å². The van der Waals surface area contributed by atoms with Crippen LogP contribution >= 0.6 is 0 Å². The predicted octanol–water partition coefficient (Wildman–Crippen LogP) is 3.65. The van der Waals surface area contributed by atoms with Gasteiger partial charge in [0.2, 0.25) is 5.91 Å². The molecule has 1 saturated carbocycles. The first kappa shape index (κ1) is 18.3. The molecular weight excluding hydrogens is 369 g/mol. The summed E-state index contributed by atoms with van der Waals surface area (Å²) in [5, 5.41) is 0. The van der Waals surface area contributed by atoms with E-state index in [1.165, 1.54) is 25.0 Å². The molecule has 1 aliphatic heterocycles. The quantitative estimate of drug-likeness (QED) is 0.693. The molecular formula is C22H26FN5O. The maximum absolute atomic E-state index is 13.3. The van der Waals surface area contributed by atoms with Crippen molar-refractivity contribution in [3.8, 4) is 0 Å². The molecule has 6 nitrogen and oxygen atoms in total. The number of fused-ring (bicyclic) bond motifs is 1. The normalized spacial score (nSPS) is 19.8. The van der Waals surface area contributed by atoms with Crippen LogP contribution in [0.1, 0.15) is 49.7 Å². The van der Waals surface area contributed by atoms with Gasteiger partial charge in [0.15, 0.2) is 0 Å². The number of carbonyl (C=O) groups is 1. The van der Waals surface area contributed by atoms with Crippen LogP contribution in [0.5, 0.6) is 0 Å². The van der Waals surface area contributed by atoms with Gasteiger partial charge in [-0.2, -0.15) is 0 Å². The Bertz CT molecular complexity index is 1020. The van der Waals surface area contributed by atoms with Crippen LogP contribution in [0.25, 0.3) is 11.0 Å². The van der Waals surface area contributed by atoms with Gasteiger partial charge in [0.25, 0.3) is 0 Å². The number of benzene rings is 1. The highest BCUT2D eigenvalue weighted by Gasteiger charge is 2.29. The van der Waals surface area contributed by atoms with Crippen LogP contribution in [0.4, 0.5) is 4.39 Å². The molecule has 152 valence electrons. The molecule has 3 heterocycles. The van der Waals surface area contributed by atoms with E-state index in [1.54, 1.807) is 6.07 Å². The Kier molecular flexibility index (Phi) is 4.81. The number of likely N-dealkylation sites (tertiary alicyclic amines) is 1. The van der Waals surface area contributed by atoms with E-state index in [1.807, 2.05) is 11.1 Å². The fraction of sp³-hybridized carbons (Fsp3) is 0.500. The third-order valence-electron chi connectivity index (χ3n) is 6.11. The zero-order valence-corrected chi connectivity index (χ0v) is 16.5. The van der Waals surface area contributed by atoms with E-state index in [0.717, 1.165) is 55.6 Å². The fourth-order valence-corrected chi connectivity index (χ4v) is 4.36. The monoisotopic (exact) mass is 395 g/mol. The lowest BCUT2D eigenvalue weighted by molar-refractivity contribution is -0.132. The van der Waals surface area contributed by atoms with Gasteiger partial charge in [-0.05, 0) is 49.8 Å². The Hall–Kier alpha value is -2.70. The number of aromatic nitrogens is 4. The Morgan fingerprint density at radius 1 is 1.28 bits per heavy atom. The highest BCUT2D eigenvalue weighted by molar-refractivity contribution is 5.77. The Morgan fingerprint density at radius 2 is 2.17 bits per heavy atom. The molecule has 1 atom stereocenters. The molecule has 2 aromatic heterocycles. The number of imidazole rings is 2. The van der Waals surface area contributed by atoms with Crippen LogP contribution in [0, 0.1) is 11.7 Å². The van der Waals surface area contributed by atoms with Gasteiger partial charge < -0.3 is 14.5 Å². The molecule has 3 aromatic rings. The van der Waals surface area contributed by atoms with Crippen LogP contribution in [0.3, 0.4) is 0 Å². The molecule has 1 saturated heterocycles. The number of aryl methyl sites for hydroxylation is 1. The number of amides is 1. The van der Waals surface area contributed by atoms with E-state index >= 15 is 0 Å². The second kappa shape index (κ2) is 7.61. The number of hydrogen-bond donors (Lipinski definition) is 1. The number of rotatable bonds is 6. The van der Waals surface area contributed by atoms with Gasteiger partial charge in [-0.3, -0.25) is 4.79 Å². The number of piperidine rings is 1. The number of hydrogen-bond acceptors (Lipinski definition) is 3. The number of aromatic amines is 1. The zero-order chi connectivity index (χ0) is 19.8. The summed E-state index contributed by atoms with van der Waals surface area (Å²) in [6.07, 6.45) is 9.65. The van der Waals surface area contributed by atoms with Crippen LogP contribution < -0.4 is 0 Å². The Morgan fingerprint density at radius 3 is 3.03 bits per heavy atom. The van der Waals surface area contributed by atoms with Crippen molar-refractivity contribution < 1.29 is 9.18 Å². The van der Waals surface area contributed by atoms with Crippen molar-refractivity contribution in [3.05, 3.63) is 48.1 Å². The summed E-state index contributed by atoms with van der Waals surface area (Å²) in [4.78, 5) is 27.0. The molecule has 1 N–H and O–H groups in total. The van der Waals surface area contributed by atoms with Gasteiger partial charge >= 0.3 is 0 Å². The first-order valence-electron chi connectivity index (χ1n) is 10.6. The number of nitrogens with zero attached hydrogens (tertiary/aromatic N) is 4. The van der Waals surface area contributed by atoms with Crippen molar-refractivity contribution >= 4 is 16.9 Å². The standard InChI is InChI=1S/C22H26FN5O/c23-17-5-6-18-19(12-17)26-20(25-18)7-8-21(29)27-10-1-2-16(14-27)22-24-9-11-28(22)13-15-3-4-15/h5-6,9,11-12,15-16H,1-4,7-8,10,13-14H2,(H,25,26). The van der Waals surface area contributed by atoms with Crippen LogP contribution in [-0.2, 0) is 17.8 Å². The molecule has 7 heteroatoms. The van der Waals surface area contributed by atoms with Gasteiger partial charge in [-0.1, -0.05) is 0 Å². The van der Waals surface area contributed by atoms with Gasteiger partial charge in [0, 0.05) is 50.8 Å². The van der Waals surface area contributed by atoms with E-state index in [4.69, 9.17) is 0 Å². The second-order valence-electron chi connectivity index (χ2n) is 8.41. The molecule has 29 heavy (non-hydrogen) atoms. The Balaban J connectivity index is 1.21. The van der Waals surface area contributed by atoms with Gasteiger partial charge in [0.05, 0.1) is 11.0 Å². The summed E-state index contributed by atoms with van der Waals surface area (Å²) in [7, 11) is 0. The van der Waals surface area contributed by atoms with Gasteiger partial charge in [0.1, 0.15) is 17.5 Å². The molecule has 0 bridgehead atoms. The van der Waals surface area contributed by atoms with Crippen molar-refractivity contribution in [2.24, 2.45) is 5.92 Å². The average molecular weight is 395 g/mol. The van der Waals surface area contributed by atoms with Crippen LogP contribution in [0.15, 0.2) is 30.6 Å². The summed E-state index contributed by atoms with van der Waals surface area (Å²) in [6, 6.07) is 4.50. The van der Waals surface area contributed by atoms with Gasteiger partial charge in [-0.15, -0.1) is 0 Å². The average Bonchev–Trinajstić information content (AvgIpc) is 3.26. The minimum Gasteiger partial charge on any atom is -0.342 e. The first-order chi connectivity index (χ1) is 14.2. The molecule has 1 amide bonds. The fourth-order valence-electron chi connectivity index (χ4n) is 4.36. The molecule has 5 rings (SSSR count). The maximum atomic E-state index is 13.3. The number of nitrogens with one attached hydrogen (secondary N) is 1. The van der Waals surface area contributed by atoms with E-state index in [9.17, 15) is 9.18 Å². The highest BCUT2D eigenvalue weighted by Crippen LogP contribution is 2.33. The minimum atomic E-state index is -0.289. The predicted molar refractivity (Wildman–Crippen MR) is 108 cm³/mol. The molecule has 2 aliphatic rings. The van der Waals surface area contributed by atoms with E-state index in [2.05, 4.69) is 25.7 Å². The number of halogens is 1. The van der Waals surface area contributed by atoms with Crippen molar-refractivity contribution in [3.63, 3.8) is 0 Å². The lowest BCUT2D eigenvalue weighted by atomic mass is 9.96.